The fourth-order valence-corrected chi connectivity index (χ4v) is 1.78. The van der Waals surface area contributed by atoms with Gasteiger partial charge in [0, 0.05) is 6.54 Å². The van der Waals surface area contributed by atoms with Gasteiger partial charge in [0.25, 0.3) is 0 Å². The minimum absolute atomic E-state index is 0.134. The summed E-state index contributed by atoms with van der Waals surface area (Å²) in [5, 5.41) is 8.81. The van der Waals surface area contributed by atoms with Crippen LogP contribution in [0.3, 0.4) is 0 Å². The first-order valence-corrected chi connectivity index (χ1v) is 5.13. The van der Waals surface area contributed by atoms with E-state index in [2.05, 4.69) is 15.9 Å². The minimum atomic E-state index is -0.904. The molecule has 2 atom stereocenters. The first-order chi connectivity index (χ1) is 6.04. The molecule has 1 saturated heterocycles. The number of carboxylic acid groups (broad SMARTS) is 1. The highest BCUT2D eigenvalue weighted by atomic mass is 79.9. The summed E-state index contributed by atoms with van der Waals surface area (Å²) in [4.78, 5) is 23.3. The first-order valence-electron chi connectivity index (χ1n) is 4.21. The average molecular weight is 250 g/mol. The van der Waals surface area contributed by atoms with Crippen molar-refractivity contribution in [2.45, 2.75) is 30.6 Å². The molecule has 1 aliphatic heterocycles. The van der Waals surface area contributed by atoms with Gasteiger partial charge in [-0.25, -0.2) is 4.79 Å². The molecule has 4 nitrogen and oxygen atoms in total. The predicted octanol–water partition coefficient (Wildman–Crippen LogP) is 0.845. The summed E-state index contributed by atoms with van der Waals surface area (Å²) in [6.45, 7) is 2.27. The van der Waals surface area contributed by atoms with Gasteiger partial charge in [-0.15, -0.1) is 0 Å². The molecule has 1 heterocycles. The van der Waals surface area contributed by atoms with Crippen molar-refractivity contribution in [3.63, 3.8) is 0 Å². The standard InChI is InChI=1S/C8H12BrNO3/c1-5(9)7(11)10-4-2-3-6(10)8(12)13/h5-6H,2-4H2,1H3,(H,12,13)/t5?,6-/m0/s1. The molecule has 0 spiro atoms. The molecule has 1 N–H and O–H groups in total. The number of aliphatic carboxylic acids is 1. The second-order valence-electron chi connectivity index (χ2n) is 3.14. The largest absolute Gasteiger partial charge is 0.480 e. The Balaban J connectivity index is 2.68. The monoisotopic (exact) mass is 249 g/mol. The maximum Gasteiger partial charge on any atom is 0.326 e. The van der Waals surface area contributed by atoms with Crippen LogP contribution in [-0.4, -0.2) is 39.3 Å². The van der Waals surface area contributed by atoms with E-state index in [1.165, 1.54) is 4.90 Å². The lowest BCUT2D eigenvalue weighted by molar-refractivity contribution is -0.147. The van der Waals surface area contributed by atoms with E-state index in [1.54, 1.807) is 6.92 Å². The normalized spacial score (nSPS) is 24.5. The molecule has 1 aliphatic rings. The van der Waals surface area contributed by atoms with Gasteiger partial charge in [-0.05, 0) is 19.8 Å². The Morgan fingerprint density at radius 3 is 2.69 bits per heavy atom. The van der Waals surface area contributed by atoms with Gasteiger partial charge in [0.15, 0.2) is 0 Å². The Bertz CT molecular complexity index is 229. The summed E-state index contributed by atoms with van der Waals surface area (Å²) in [6, 6.07) is -0.618. The summed E-state index contributed by atoms with van der Waals surface area (Å²) < 4.78 is 0. The van der Waals surface area contributed by atoms with Crippen molar-refractivity contribution in [2.24, 2.45) is 0 Å². The SMILES string of the molecule is CC(Br)C(=O)N1CCC[C@H]1C(=O)O. The lowest BCUT2D eigenvalue weighted by atomic mass is 10.2. The van der Waals surface area contributed by atoms with E-state index in [-0.39, 0.29) is 10.7 Å². The van der Waals surface area contributed by atoms with E-state index < -0.39 is 12.0 Å². The molecule has 13 heavy (non-hydrogen) atoms. The molecule has 0 bridgehead atoms. The lowest BCUT2D eigenvalue weighted by Gasteiger charge is -2.22. The number of carbonyl (C=O) groups is 2. The highest BCUT2D eigenvalue weighted by Crippen LogP contribution is 2.19. The summed E-state index contributed by atoms with van der Waals surface area (Å²) in [6.07, 6.45) is 1.35. The van der Waals surface area contributed by atoms with E-state index in [0.29, 0.717) is 13.0 Å². The zero-order valence-electron chi connectivity index (χ0n) is 7.36. The number of likely N-dealkylation sites (tertiary alicyclic amines) is 1. The number of alkyl halides is 1. The van der Waals surface area contributed by atoms with Crippen molar-refractivity contribution in [2.75, 3.05) is 6.54 Å². The summed E-state index contributed by atoms with van der Waals surface area (Å²) in [5.74, 6) is -1.04. The molecule has 0 saturated carbocycles. The Labute approximate surface area is 85.0 Å². The van der Waals surface area contributed by atoms with Gasteiger partial charge in [0.1, 0.15) is 6.04 Å². The van der Waals surface area contributed by atoms with Crippen molar-refractivity contribution in [1.82, 2.24) is 4.90 Å². The van der Waals surface area contributed by atoms with Crippen LogP contribution in [0.1, 0.15) is 19.8 Å². The number of nitrogens with zero attached hydrogens (tertiary/aromatic N) is 1. The van der Waals surface area contributed by atoms with Gasteiger partial charge in [0.2, 0.25) is 5.91 Å². The first kappa shape index (κ1) is 10.5. The number of carboxylic acids is 1. The van der Waals surface area contributed by atoms with Gasteiger partial charge in [-0.3, -0.25) is 4.79 Å². The molecule has 74 valence electrons. The third-order valence-electron chi connectivity index (χ3n) is 2.16. The van der Waals surface area contributed by atoms with Crippen LogP contribution in [0.4, 0.5) is 0 Å². The van der Waals surface area contributed by atoms with Crippen LogP contribution in [0.5, 0.6) is 0 Å². The molecule has 0 aromatic carbocycles. The van der Waals surface area contributed by atoms with Crippen LogP contribution >= 0.6 is 15.9 Å². The Kier molecular flexibility index (Phi) is 3.30. The van der Waals surface area contributed by atoms with E-state index >= 15 is 0 Å². The third kappa shape index (κ3) is 2.21. The molecule has 5 heteroatoms. The van der Waals surface area contributed by atoms with Crippen molar-refractivity contribution in [3.05, 3.63) is 0 Å². The van der Waals surface area contributed by atoms with Gasteiger partial charge in [-0.2, -0.15) is 0 Å². The Morgan fingerprint density at radius 2 is 2.23 bits per heavy atom. The fraction of sp³-hybridized carbons (Fsp3) is 0.750. The summed E-state index contributed by atoms with van der Waals surface area (Å²) in [7, 11) is 0. The van der Waals surface area contributed by atoms with E-state index in [1.807, 2.05) is 0 Å². The molecule has 0 aromatic heterocycles. The highest BCUT2D eigenvalue weighted by molar-refractivity contribution is 9.10. The second kappa shape index (κ2) is 4.09. The molecule has 0 aromatic rings. The molecule has 1 amide bonds. The molecule has 1 fully saturated rings. The smallest absolute Gasteiger partial charge is 0.326 e. The third-order valence-corrected chi connectivity index (χ3v) is 2.55. The van der Waals surface area contributed by atoms with Crippen LogP contribution in [-0.2, 0) is 9.59 Å². The van der Waals surface area contributed by atoms with Gasteiger partial charge >= 0.3 is 5.97 Å². The summed E-state index contributed by atoms with van der Waals surface area (Å²) >= 11 is 3.14. The Morgan fingerprint density at radius 1 is 1.62 bits per heavy atom. The number of hydrogen-bond donors (Lipinski definition) is 1. The van der Waals surface area contributed by atoms with Crippen molar-refractivity contribution < 1.29 is 14.7 Å². The van der Waals surface area contributed by atoms with Crippen LogP contribution < -0.4 is 0 Å². The molecule has 1 rings (SSSR count). The predicted molar refractivity (Wildman–Crippen MR) is 50.8 cm³/mol. The highest BCUT2D eigenvalue weighted by Gasteiger charge is 2.34. The maximum absolute atomic E-state index is 11.5. The molecule has 0 aliphatic carbocycles. The van der Waals surface area contributed by atoms with Crippen LogP contribution in [0.25, 0.3) is 0 Å². The van der Waals surface area contributed by atoms with E-state index in [9.17, 15) is 9.59 Å². The number of amides is 1. The van der Waals surface area contributed by atoms with Gasteiger partial charge < -0.3 is 10.0 Å². The zero-order valence-corrected chi connectivity index (χ0v) is 8.95. The Hall–Kier alpha value is -0.580. The second-order valence-corrected chi connectivity index (χ2v) is 4.52. The average Bonchev–Trinajstić information content (AvgIpc) is 2.50. The quantitative estimate of drug-likeness (QED) is 0.739. The number of rotatable bonds is 2. The lowest BCUT2D eigenvalue weighted by Crippen LogP contribution is -2.43. The van der Waals surface area contributed by atoms with E-state index in [4.69, 9.17) is 5.11 Å². The number of hydrogen-bond acceptors (Lipinski definition) is 2. The molecular weight excluding hydrogens is 238 g/mol. The van der Waals surface area contributed by atoms with E-state index in [0.717, 1.165) is 6.42 Å². The van der Waals surface area contributed by atoms with Gasteiger partial charge in [0.05, 0.1) is 4.83 Å². The minimum Gasteiger partial charge on any atom is -0.480 e. The van der Waals surface area contributed by atoms with Crippen LogP contribution in [0, 0.1) is 0 Å². The molecule has 1 unspecified atom stereocenters. The maximum atomic E-state index is 11.5. The van der Waals surface area contributed by atoms with Crippen LogP contribution in [0.15, 0.2) is 0 Å². The fourth-order valence-electron chi connectivity index (χ4n) is 1.52. The van der Waals surface area contributed by atoms with Gasteiger partial charge in [-0.1, -0.05) is 15.9 Å². The van der Waals surface area contributed by atoms with Crippen LogP contribution in [0.2, 0.25) is 0 Å². The van der Waals surface area contributed by atoms with Crippen molar-refractivity contribution in [1.29, 1.82) is 0 Å². The molecule has 0 radical (unpaired) electrons. The number of carbonyl (C=O) groups excluding carboxylic acids is 1. The summed E-state index contributed by atoms with van der Waals surface area (Å²) in [5.41, 5.74) is 0. The molecular formula is C8H12BrNO3. The number of halogens is 1. The topological polar surface area (TPSA) is 57.6 Å². The van der Waals surface area contributed by atoms with Crippen molar-refractivity contribution >= 4 is 27.8 Å². The van der Waals surface area contributed by atoms with Crippen molar-refractivity contribution in [3.8, 4) is 0 Å². The zero-order chi connectivity index (χ0) is 10.0.